The highest BCUT2D eigenvalue weighted by atomic mass is 16.6. The average molecular weight is 667 g/mol. The summed E-state index contributed by atoms with van der Waals surface area (Å²) < 4.78 is 19.5. The van der Waals surface area contributed by atoms with Crippen molar-refractivity contribution in [2.24, 2.45) is 5.92 Å². The fraction of sp³-hybridized carbons (Fsp3) is 0.575. The van der Waals surface area contributed by atoms with Gasteiger partial charge in [0.1, 0.15) is 18.0 Å². The number of aliphatic hydroxyl groups excluding tert-OH is 1. The highest BCUT2D eigenvalue weighted by Crippen LogP contribution is 2.66. The van der Waals surface area contributed by atoms with E-state index in [-0.39, 0.29) is 47.9 Å². The molecule has 10 rings (SSSR count). The monoisotopic (exact) mass is 666 g/mol. The average Bonchev–Trinajstić information content (AvgIpc) is 3.63. The van der Waals surface area contributed by atoms with E-state index >= 15 is 0 Å². The number of phenols is 1. The Balaban J connectivity index is 0.865. The van der Waals surface area contributed by atoms with Gasteiger partial charge in [-0.15, -0.1) is 0 Å². The van der Waals surface area contributed by atoms with Crippen LogP contribution in [-0.4, -0.2) is 94.3 Å². The number of hydrogen-bond donors (Lipinski definition) is 3. The molecule has 3 unspecified atom stereocenters. The van der Waals surface area contributed by atoms with Crippen molar-refractivity contribution < 1.29 is 34.3 Å². The Morgan fingerprint density at radius 2 is 1.82 bits per heavy atom. The SMILES string of the molecule is CN1CC[C@]23c4c5ccc(O)c4OC2C(OC(=O)CCCC=C2CC[C@@]4(O)[C@H]6Cc7ccc(CO)c8c7[C@@]4(CCN6C)C2O8)C=C[C@H]3[C@H]1C5. The third-order valence-electron chi connectivity index (χ3n) is 14.3. The number of nitrogens with zero attached hydrogens (tertiary/aromatic N) is 2. The highest BCUT2D eigenvalue weighted by Gasteiger charge is 2.71. The summed E-state index contributed by atoms with van der Waals surface area (Å²) in [5, 5.41) is 33.5. The van der Waals surface area contributed by atoms with Gasteiger partial charge in [0, 0.05) is 46.5 Å². The van der Waals surface area contributed by atoms with Crippen molar-refractivity contribution in [3.05, 3.63) is 75.9 Å². The first kappa shape index (κ1) is 30.5. The van der Waals surface area contributed by atoms with Gasteiger partial charge >= 0.3 is 5.97 Å². The Morgan fingerprint density at radius 3 is 2.67 bits per heavy atom. The molecule has 3 N–H and O–H groups in total. The number of likely N-dealkylation sites (N-methyl/N-ethyl adjacent to an activating group) is 2. The van der Waals surface area contributed by atoms with Crippen LogP contribution in [0, 0.1) is 5.92 Å². The van der Waals surface area contributed by atoms with Gasteiger partial charge in [0.2, 0.25) is 0 Å². The van der Waals surface area contributed by atoms with E-state index in [0.717, 1.165) is 67.6 Å². The van der Waals surface area contributed by atoms with Gasteiger partial charge < -0.3 is 39.3 Å². The number of carbonyl (C=O) groups excluding carboxylic acids is 1. The van der Waals surface area contributed by atoms with E-state index in [9.17, 15) is 20.1 Å². The zero-order valence-corrected chi connectivity index (χ0v) is 28.4. The maximum absolute atomic E-state index is 13.4. The topological polar surface area (TPSA) is 112 Å². The van der Waals surface area contributed by atoms with E-state index in [1.54, 1.807) is 6.07 Å². The van der Waals surface area contributed by atoms with E-state index in [1.165, 1.54) is 16.7 Å². The number of phenolic OH excluding ortho intramolecular Hbond substituents is 1. The number of esters is 1. The molecule has 4 heterocycles. The summed E-state index contributed by atoms with van der Waals surface area (Å²) in [7, 11) is 4.32. The number of likely N-dealkylation sites (tertiary alicyclic amines) is 2. The maximum Gasteiger partial charge on any atom is 0.306 e. The summed E-state index contributed by atoms with van der Waals surface area (Å²) in [6.45, 7) is 1.73. The quantitative estimate of drug-likeness (QED) is 0.241. The fourth-order valence-electron chi connectivity index (χ4n) is 12.1. The zero-order valence-electron chi connectivity index (χ0n) is 28.4. The number of piperidine rings is 2. The summed E-state index contributed by atoms with van der Waals surface area (Å²) >= 11 is 0. The van der Waals surface area contributed by atoms with Crippen molar-refractivity contribution >= 4 is 5.97 Å². The van der Waals surface area contributed by atoms with E-state index in [0.29, 0.717) is 37.5 Å². The number of rotatable bonds is 6. The van der Waals surface area contributed by atoms with Gasteiger partial charge in [-0.2, -0.15) is 0 Å². The Hall–Kier alpha value is -3.37. The van der Waals surface area contributed by atoms with Crippen molar-refractivity contribution in [1.29, 1.82) is 0 Å². The summed E-state index contributed by atoms with van der Waals surface area (Å²) in [4.78, 5) is 18.2. The molecule has 9 nitrogen and oxygen atoms in total. The number of unbranched alkanes of at least 4 members (excludes halogenated alkanes) is 1. The first-order chi connectivity index (χ1) is 23.7. The largest absolute Gasteiger partial charge is 0.504 e. The Bertz CT molecular complexity index is 1840. The minimum Gasteiger partial charge on any atom is -0.504 e. The van der Waals surface area contributed by atoms with Crippen molar-refractivity contribution in [3.63, 3.8) is 0 Å². The summed E-state index contributed by atoms with van der Waals surface area (Å²) in [6.07, 6.45) is 11.9. The van der Waals surface area contributed by atoms with Crippen LogP contribution < -0.4 is 9.47 Å². The molecular formula is C40H46N2O7. The normalized spacial score (nSPS) is 39.6. The first-order valence-electron chi connectivity index (χ1n) is 18.4. The molecule has 2 saturated heterocycles. The summed E-state index contributed by atoms with van der Waals surface area (Å²) in [5.41, 5.74) is 4.98. The first-order valence-corrected chi connectivity index (χ1v) is 18.4. The molecule has 4 aliphatic heterocycles. The maximum atomic E-state index is 13.4. The van der Waals surface area contributed by atoms with Gasteiger partial charge in [0.05, 0.1) is 17.6 Å². The second-order valence-electron chi connectivity index (χ2n) is 16.2. The minimum absolute atomic E-state index is 0.0342. The molecule has 4 bridgehead atoms. The smallest absolute Gasteiger partial charge is 0.306 e. The third kappa shape index (κ3) is 3.72. The lowest BCUT2D eigenvalue weighted by atomic mass is 9.48. The van der Waals surface area contributed by atoms with Crippen molar-refractivity contribution in [2.75, 3.05) is 27.2 Å². The fourth-order valence-corrected chi connectivity index (χ4v) is 12.1. The third-order valence-corrected chi connectivity index (χ3v) is 14.3. The molecule has 49 heavy (non-hydrogen) atoms. The van der Waals surface area contributed by atoms with Gasteiger partial charge in [-0.1, -0.05) is 30.4 Å². The van der Waals surface area contributed by atoms with Crippen LogP contribution in [0.2, 0.25) is 0 Å². The summed E-state index contributed by atoms with van der Waals surface area (Å²) in [5.74, 6) is 1.53. The number of aliphatic hydroxyl groups is 2. The molecule has 258 valence electrons. The zero-order chi connectivity index (χ0) is 33.4. The molecule has 0 radical (unpaired) electrons. The summed E-state index contributed by atoms with van der Waals surface area (Å²) in [6, 6.07) is 8.29. The van der Waals surface area contributed by atoms with Gasteiger partial charge in [-0.25, -0.2) is 0 Å². The molecular weight excluding hydrogens is 620 g/mol. The van der Waals surface area contributed by atoms with Crippen LogP contribution in [0.4, 0.5) is 0 Å². The van der Waals surface area contributed by atoms with Gasteiger partial charge in [-0.3, -0.25) is 4.79 Å². The predicted octanol–water partition coefficient (Wildman–Crippen LogP) is 3.82. The minimum atomic E-state index is -0.893. The molecule has 0 aromatic heterocycles. The lowest BCUT2D eigenvalue weighted by Gasteiger charge is -2.63. The number of aromatic hydroxyl groups is 1. The van der Waals surface area contributed by atoms with Crippen LogP contribution in [0.25, 0.3) is 0 Å². The second kappa shape index (κ2) is 10.3. The van der Waals surface area contributed by atoms with Gasteiger partial charge in [0.15, 0.2) is 17.6 Å². The van der Waals surface area contributed by atoms with Crippen molar-refractivity contribution in [2.45, 2.75) is 111 Å². The molecule has 9 atom stereocenters. The Labute approximate surface area is 287 Å². The highest BCUT2D eigenvalue weighted by molar-refractivity contribution is 5.70. The van der Waals surface area contributed by atoms with Crippen LogP contribution in [-0.2, 0) is 39.8 Å². The van der Waals surface area contributed by atoms with E-state index < -0.39 is 17.1 Å². The molecule has 8 aliphatic rings. The van der Waals surface area contributed by atoms with E-state index in [1.807, 2.05) is 18.2 Å². The van der Waals surface area contributed by atoms with E-state index in [4.69, 9.17) is 14.2 Å². The number of carbonyl (C=O) groups is 1. The van der Waals surface area contributed by atoms with Gasteiger partial charge in [-0.05, 0) is 107 Å². The van der Waals surface area contributed by atoms with Crippen LogP contribution in [0.1, 0.15) is 72.8 Å². The van der Waals surface area contributed by atoms with Crippen LogP contribution in [0.3, 0.4) is 0 Å². The predicted molar refractivity (Wildman–Crippen MR) is 181 cm³/mol. The number of allylic oxidation sites excluding steroid dienone is 1. The van der Waals surface area contributed by atoms with Crippen LogP contribution >= 0.6 is 0 Å². The lowest BCUT2D eigenvalue weighted by molar-refractivity contribution is -0.169. The molecule has 2 spiro atoms. The Morgan fingerprint density at radius 1 is 1.00 bits per heavy atom. The van der Waals surface area contributed by atoms with Crippen molar-refractivity contribution in [1.82, 2.24) is 9.80 Å². The molecule has 4 aliphatic carbocycles. The standard InChI is InChI=1S/C40H46N2O7/c1-41-17-15-38-26-10-12-29(37(38)49-35-28(44)11-9-23(32(35)38)19-27(26)41)47-31(45)6-4-3-5-22-13-14-40(46)30-20-24-7-8-25(21-43)34-33(24)39(40,36(22)48-34)16-18-42(30)2/h5,7-12,26-27,29-30,36-37,43-44,46H,3-4,6,13-21H2,1-2H3/t26-,27+,29?,30+,36?,37?,38-,39-,40+/m0/s1. The van der Waals surface area contributed by atoms with Crippen LogP contribution in [0.5, 0.6) is 17.2 Å². The molecule has 2 aromatic carbocycles. The Kier molecular flexibility index (Phi) is 6.43. The molecule has 3 fully saturated rings. The van der Waals surface area contributed by atoms with E-state index in [2.05, 4.69) is 42.1 Å². The van der Waals surface area contributed by atoms with Crippen LogP contribution in [0.15, 0.2) is 48.1 Å². The second-order valence-corrected chi connectivity index (χ2v) is 16.2. The number of hydrogen-bond acceptors (Lipinski definition) is 9. The lowest BCUT2D eigenvalue weighted by Crippen LogP contribution is -2.74. The molecule has 9 heteroatoms. The molecule has 0 amide bonds. The molecule has 1 saturated carbocycles. The number of ether oxygens (including phenoxy) is 3. The van der Waals surface area contributed by atoms with Gasteiger partial charge in [0.25, 0.3) is 0 Å². The van der Waals surface area contributed by atoms with Crippen molar-refractivity contribution in [3.8, 4) is 17.2 Å². The number of benzene rings is 2. The molecule has 2 aromatic rings.